The van der Waals surface area contributed by atoms with Crippen LogP contribution in [-0.2, 0) is 0 Å². The Labute approximate surface area is 101 Å². The van der Waals surface area contributed by atoms with E-state index in [4.69, 9.17) is 11.7 Å². The standard InChI is InChI=1S/C16H11N/c1-3-14-8-9-16(10-12(14)2)15-6-4-13(11-17)5-7-15/h1,4-10H,2H3. The maximum atomic E-state index is 8.74. The van der Waals surface area contributed by atoms with Gasteiger partial charge in [-0.1, -0.05) is 30.2 Å². The Hall–Kier alpha value is -2.51. The molecule has 0 aliphatic rings. The van der Waals surface area contributed by atoms with Gasteiger partial charge >= 0.3 is 0 Å². The van der Waals surface area contributed by atoms with Crippen molar-refractivity contribution in [2.75, 3.05) is 0 Å². The van der Waals surface area contributed by atoms with Crippen LogP contribution in [0.5, 0.6) is 0 Å². The summed E-state index contributed by atoms with van der Waals surface area (Å²) in [5.41, 5.74) is 4.89. The average molecular weight is 217 g/mol. The molecule has 1 heteroatoms. The first kappa shape index (κ1) is 11.0. The molecule has 2 rings (SSSR count). The summed E-state index contributed by atoms with van der Waals surface area (Å²) in [6.07, 6.45) is 5.39. The van der Waals surface area contributed by atoms with Crippen LogP contribution in [0.25, 0.3) is 11.1 Å². The lowest BCUT2D eigenvalue weighted by atomic mass is 9.99. The van der Waals surface area contributed by atoms with Crippen LogP contribution in [0.15, 0.2) is 42.5 Å². The molecular weight excluding hydrogens is 206 g/mol. The van der Waals surface area contributed by atoms with Crippen molar-refractivity contribution in [2.24, 2.45) is 0 Å². The van der Waals surface area contributed by atoms with E-state index in [2.05, 4.69) is 18.1 Å². The SMILES string of the molecule is C#Cc1ccc(-c2ccc(C#N)cc2)cc1C. The summed E-state index contributed by atoms with van der Waals surface area (Å²) in [4.78, 5) is 0. The van der Waals surface area contributed by atoms with Crippen LogP contribution in [0.4, 0.5) is 0 Å². The molecular formula is C16H11N. The number of hydrogen-bond acceptors (Lipinski definition) is 1. The first-order valence-corrected chi connectivity index (χ1v) is 5.32. The Morgan fingerprint density at radius 2 is 1.65 bits per heavy atom. The monoisotopic (exact) mass is 217 g/mol. The normalized spacial score (nSPS) is 9.35. The van der Waals surface area contributed by atoms with E-state index in [1.54, 1.807) is 0 Å². The van der Waals surface area contributed by atoms with Gasteiger partial charge in [0.1, 0.15) is 0 Å². The number of terminal acetylenes is 1. The van der Waals surface area contributed by atoms with E-state index in [1.807, 2.05) is 43.3 Å². The van der Waals surface area contributed by atoms with Gasteiger partial charge in [-0.25, -0.2) is 0 Å². The van der Waals surface area contributed by atoms with Gasteiger partial charge in [-0.3, -0.25) is 0 Å². The zero-order valence-corrected chi connectivity index (χ0v) is 9.57. The van der Waals surface area contributed by atoms with Crippen molar-refractivity contribution in [1.29, 1.82) is 5.26 Å². The van der Waals surface area contributed by atoms with Crippen LogP contribution in [0.3, 0.4) is 0 Å². The third-order valence-electron chi connectivity index (χ3n) is 2.73. The second-order valence-corrected chi connectivity index (χ2v) is 3.86. The molecule has 0 bridgehead atoms. The second kappa shape index (κ2) is 4.56. The first-order chi connectivity index (χ1) is 8.24. The van der Waals surface area contributed by atoms with Gasteiger partial charge in [0, 0.05) is 5.56 Å². The lowest BCUT2D eigenvalue weighted by Crippen LogP contribution is -1.84. The Balaban J connectivity index is 2.44. The number of rotatable bonds is 1. The van der Waals surface area contributed by atoms with Crippen LogP contribution in [0.1, 0.15) is 16.7 Å². The van der Waals surface area contributed by atoms with E-state index in [-0.39, 0.29) is 0 Å². The molecule has 2 aromatic carbocycles. The van der Waals surface area contributed by atoms with Gasteiger partial charge in [-0.05, 0) is 41.8 Å². The summed E-state index contributed by atoms with van der Waals surface area (Å²) in [5.74, 6) is 2.65. The molecule has 0 heterocycles. The van der Waals surface area contributed by atoms with Gasteiger partial charge in [0.2, 0.25) is 0 Å². The highest BCUT2D eigenvalue weighted by molar-refractivity contribution is 5.66. The van der Waals surface area contributed by atoms with Gasteiger partial charge in [0.15, 0.2) is 0 Å². The van der Waals surface area contributed by atoms with E-state index in [1.165, 1.54) is 0 Å². The third kappa shape index (κ3) is 2.19. The van der Waals surface area contributed by atoms with Crippen molar-refractivity contribution in [1.82, 2.24) is 0 Å². The summed E-state index contributed by atoms with van der Waals surface area (Å²) >= 11 is 0. The number of aryl methyl sites for hydroxylation is 1. The molecule has 0 atom stereocenters. The average Bonchev–Trinajstić information content (AvgIpc) is 2.39. The third-order valence-corrected chi connectivity index (χ3v) is 2.73. The smallest absolute Gasteiger partial charge is 0.0991 e. The summed E-state index contributed by atoms with van der Waals surface area (Å²) in [6, 6.07) is 15.7. The van der Waals surface area contributed by atoms with Gasteiger partial charge in [-0.15, -0.1) is 6.42 Å². The van der Waals surface area contributed by atoms with Crippen molar-refractivity contribution in [2.45, 2.75) is 6.92 Å². The number of benzene rings is 2. The van der Waals surface area contributed by atoms with Crippen LogP contribution >= 0.6 is 0 Å². The van der Waals surface area contributed by atoms with Gasteiger partial charge in [-0.2, -0.15) is 5.26 Å². The van der Waals surface area contributed by atoms with Crippen LogP contribution in [0.2, 0.25) is 0 Å². The number of hydrogen-bond donors (Lipinski definition) is 0. The molecule has 0 radical (unpaired) electrons. The summed E-state index contributed by atoms with van der Waals surface area (Å²) in [6.45, 7) is 2.00. The highest BCUT2D eigenvalue weighted by Gasteiger charge is 2.00. The van der Waals surface area contributed by atoms with Gasteiger partial charge < -0.3 is 0 Å². The highest BCUT2D eigenvalue weighted by Crippen LogP contribution is 2.22. The maximum absolute atomic E-state index is 8.74. The minimum atomic E-state index is 0.672. The highest BCUT2D eigenvalue weighted by atomic mass is 14.2. The topological polar surface area (TPSA) is 23.8 Å². The summed E-state index contributed by atoms with van der Waals surface area (Å²) in [5, 5.41) is 8.74. The Morgan fingerprint density at radius 3 is 2.18 bits per heavy atom. The molecule has 0 spiro atoms. The van der Waals surface area contributed by atoms with E-state index in [9.17, 15) is 0 Å². The van der Waals surface area contributed by atoms with E-state index in [0.717, 1.165) is 22.3 Å². The summed E-state index contributed by atoms with van der Waals surface area (Å²) < 4.78 is 0. The fourth-order valence-corrected chi connectivity index (χ4v) is 1.74. The lowest BCUT2D eigenvalue weighted by molar-refractivity contribution is 1.43. The molecule has 0 amide bonds. The maximum Gasteiger partial charge on any atom is 0.0991 e. The Morgan fingerprint density at radius 1 is 1.00 bits per heavy atom. The minimum absolute atomic E-state index is 0.672. The number of nitriles is 1. The van der Waals surface area contributed by atoms with E-state index < -0.39 is 0 Å². The lowest BCUT2D eigenvalue weighted by Gasteiger charge is -2.05. The molecule has 0 saturated heterocycles. The van der Waals surface area contributed by atoms with E-state index in [0.29, 0.717) is 5.56 Å². The van der Waals surface area contributed by atoms with Gasteiger partial charge in [0.05, 0.1) is 11.6 Å². The van der Waals surface area contributed by atoms with Crippen molar-refractivity contribution in [3.8, 4) is 29.5 Å². The molecule has 80 valence electrons. The molecule has 0 aliphatic carbocycles. The zero-order chi connectivity index (χ0) is 12.3. The van der Waals surface area contributed by atoms with Crippen LogP contribution < -0.4 is 0 Å². The molecule has 0 unspecified atom stereocenters. The van der Waals surface area contributed by atoms with Crippen molar-refractivity contribution in [3.05, 3.63) is 59.2 Å². The minimum Gasteiger partial charge on any atom is -0.192 e. The Bertz CT molecular complexity index is 622. The molecule has 0 saturated carbocycles. The zero-order valence-electron chi connectivity index (χ0n) is 9.57. The summed E-state index contributed by atoms with van der Waals surface area (Å²) in [7, 11) is 0. The predicted molar refractivity (Wildman–Crippen MR) is 69.3 cm³/mol. The second-order valence-electron chi connectivity index (χ2n) is 3.86. The fourth-order valence-electron chi connectivity index (χ4n) is 1.74. The van der Waals surface area contributed by atoms with Gasteiger partial charge in [0.25, 0.3) is 0 Å². The Kier molecular flexibility index (Phi) is 2.95. The molecule has 0 aromatic heterocycles. The molecule has 17 heavy (non-hydrogen) atoms. The fraction of sp³-hybridized carbons (Fsp3) is 0.0625. The van der Waals surface area contributed by atoms with E-state index >= 15 is 0 Å². The molecule has 1 nitrogen and oxygen atoms in total. The number of nitrogens with zero attached hydrogens (tertiary/aromatic N) is 1. The first-order valence-electron chi connectivity index (χ1n) is 5.32. The van der Waals surface area contributed by atoms with Crippen LogP contribution in [-0.4, -0.2) is 0 Å². The van der Waals surface area contributed by atoms with Crippen molar-refractivity contribution < 1.29 is 0 Å². The predicted octanol–water partition coefficient (Wildman–Crippen LogP) is 3.52. The van der Waals surface area contributed by atoms with Crippen molar-refractivity contribution >= 4 is 0 Å². The van der Waals surface area contributed by atoms with Crippen LogP contribution in [0, 0.1) is 30.6 Å². The quantitative estimate of drug-likeness (QED) is 0.670. The van der Waals surface area contributed by atoms with Crippen molar-refractivity contribution in [3.63, 3.8) is 0 Å². The molecule has 0 N–H and O–H groups in total. The molecule has 0 aliphatic heterocycles. The largest absolute Gasteiger partial charge is 0.192 e. The molecule has 2 aromatic rings. The molecule has 0 fully saturated rings.